The molecule has 2 fully saturated rings. The molecule has 0 unspecified atom stereocenters. The molecule has 1 aromatic carbocycles. The van der Waals surface area contributed by atoms with Crippen molar-refractivity contribution in [2.45, 2.75) is 77.4 Å². The van der Waals surface area contributed by atoms with Crippen LogP contribution < -0.4 is 10.6 Å². The zero-order valence-electron chi connectivity index (χ0n) is 21.5. The van der Waals surface area contributed by atoms with Crippen molar-refractivity contribution in [1.82, 2.24) is 10.2 Å². The molecule has 2 atom stereocenters. The zero-order chi connectivity index (χ0) is 26.7. The first-order chi connectivity index (χ1) is 17.5. The van der Waals surface area contributed by atoms with E-state index in [0.717, 1.165) is 32.1 Å². The molecule has 1 saturated carbocycles. The molecule has 1 saturated heterocycles. The van der Waals surface area contributed by atoms with Crippen LogP contribution in [-0.2, 0) is 9.53 Å². The summed E-state index contributed by atoms with van der Waals surface area (Å²) in [4.78, 5) is 40.3. The quantitative estimate of drug-likeness (QED) is 0.520. The molecule has 10 heteroatoms. The maximum Gasteiger partial charge on any atom is 0.410 e. The topological polar surface area (TPSA) is 101 Å². The van der Waals surface area contributed by atoms with Gasteiger partial charge in [0.25, 0.3) is 12.3 Å². The van der Waals surface area contributed by atoms with E-state index in [1.807, 2.05) is 0 Å². The summed E-state index contributed by atoms with van der Waals surface area (Å²) in [5, 5.41) is 5.59. The lowest BCUT2D eigenvalue weighted by Gasteiger charge is -2.34. The Labute approximate surface area is 215 Å². The van der Waals surface area contributed by atoms with Crippen LogP contribution in [-0.4, -0.2) is 54.0 Å². The van der Waals surface area contributed by atoms with Crippen molar-refractivity contribution in [1.29, 1.82) is 0 Å². The Morgan fingerprint density at radius 1 is 1.11 bits per heavy atom. The number of nitrogens with one attached hydrogen (secondary N) is 2. The standard InChI is InChI=1S/C27H35F2N3O5/c1-27(2,3)37-26(35)32-12-11-19(16-7-5-4-6-8-16)23(32)25(34)31-18-9-10-20-17(13-18)14-21(36-20)24(33)30-15-22(28)29/h9-10,13-14,16,19,22-23H,4-8,11-12,15H2,1-3H3,(H,30,33)(H,31,34)/t19-,23-/m0/s1. The number of fused-ring (bicyclic) bond motifs is 1. The van der Waals surface area contributed by atoms with Crippen LogP contribution in [0.2, 0.25) is 0 Å². The van der Waals surface area contributed by atoms with E-state index in [-0.39, 0.29) is 17.6 Å². The Hall–Kier alpha value is -3.17. The number of carbonyl (C=O) groups excluding carboxylic acids is 3. The molecule has 1 aromatic heterocycles. The Bertz CT molecular complexity index is 1140. The number of likely N-dealkylation sites (tertiary alicyclic amines) is 1. The molecule has 2 heterocycles. The van der Waals surface area contributed by atoms with Crippen molar-refractivity contribution in [3.63, 3.8) is 0 Å². The van der Waals surface area contributed by atoms with E-state index in [4.69, 9.17) is 9.15 Å². The lowest BCUT2D eigenvalue weighted by atomic mass is 9.76. The fourth-order valence-electron chi connectivity index (χ4n) is 5.44. The van der Waals surface area contributed by atoms with Crippen LogP contribution in [0.5, 0.6) is 0 Å². The summed E-state index contributed by atoms with van der Waals surface area (Å²) in [6.45, 7) is 5.10. The van der Waals surface area contributed by atoms with Crippen molar-refractivity contribution in [2.75, 3.05) is 18.4 Å². The van der Waals surface area contributed by atoms with Gasteiger partial charge in [0.05, 0.1) is 6.54 Å². The van der Waals surface area contributed by atoms with E-state index < -0.39 is 36.6 Å². The molecule has 37 heavy (non-hydrogen) atoms. The fourth-order valence-corrected chi connectivity index (χ4v) is 5.44. The highest BCUT2D eigenvalue weighted by Crippen LogP contribution is 2.40. The van der Waals surface area contributed by atoms with Gasteiger partial charge in [0.1, 0.15) is 17.2 Å². The summed E-state index contributed by atoms with van der Waals surface area (Å²) in [6, 6.07) is 5.71. The molecule has 1 aliphatic heterocycles. The predicted molar refractivity (Wildman–Crippen MR) is 135 cm³/mol. The number of benzene rings is 1. The number of alkyl halides is 2. The van der Waals surface area contributed by atoms with Crippen molar-refractivity contribution in [3.8, 4) is 0 Å². The molecule has 2 aliphatic rings. The van der Waals surface area contributed by atoms with Crippen LogP contribution in [0.4, 0.5) is 19.3 Å². The van der Waals surface area contributed by atoms with E-state index in [9.17, 15) is 23.2 Å². The molecule has 8 nitrogen and oxygen atoms in total. The van der Waals surface area contributed by atoms with Gasteiger partial charge in [-0.25, -0.2) is 13.6 Å². The lowest BCUT2D eigenvalue weighted by molar-refractivity contribution is -0.122. The highest BCUT2D eigenvalue weighted by Gasteiger charge is 2.46. The summed E-state index contributed by atoms with van der Waals surface area (Å²) >= 11 is 0. The third kappa shape index (κ3) is 6.59. The molecule has 2 N–H and O–H groups in total. The Morgan fingerprint density at radius 2 is 1.84 bits per heavy atom. The van der Waals surface area contributed by atoms with Crippen LogP contribution in [0.25, 0.3) is 11.0 Å². The van der Waals surface area contributed by atoms with E-state index in [1.165, 1.54) is 12.5 Å². The van der Waals surface area contributed by atoms with Crippen molar-refractivity contribution in [3.05, 3.63) is 30.0 Å². The van der Waals surface area contributed by atoms with Gasteiger partial charge < -0.3 is 19.8 Å². The normalized spacial score (nSPS) is 20.9. The predicted octanol–water partition coefficient (Wildman–Crippen LogP) is 5.57. The third-order valence-electron chi connectivity index (χ3n) is 7.02. The number of carbonyl (C=O) groups is 3. The second kappa shape index (κ2) is 11.1. The minimum atomic E-state index is -2.66. The van der Waals surface area contributed by atoms with Gasteiger partial charge in [0.2, 0.25) is 5.91 Å². The molecule has 3 amide bonds. The van der Waals surface area contributed by atoms with Crippen LogP contribution in [0, 0.1) is 11.8 Å². The Kier molecular flexibility index (Phi) is 8.04. The molecule has 0 bridgehead atoms. The van der Waals surface area contributed by atoms with Gasteiger partial charge in [-0.15, -0.1) is 0 Å². The van der Waals surface area contributed by atoms with Gasteiger partial charge in [0.15, 0.2) is 5.76 Å². The summed E-state index contributed by atoms with van der Waals surface area (Å²) in [6.07, 6.45) is 3.16. The van der Waals surface area contributed by atoms with Gasteiger partial charge in [-0.05, 0) is 63.3 Å². The molecule has 2 aromatic rings. The summed E-state index contributed by atoms with van der Waals surface area (Å²) < 4.78 is 35.9. The molecular weight excluding hydrogens is 484 g/mol. The average Bonchev–Trinajstić information content (AvgIpc) is 3.46. The molecule has 1 aliphatic carbocycles. The number of nitrogens with zero attached hydrogens (tertiary/aromatic N) is 1. The zero-order valence-corrected chi connectivity index (χ0v) is 21.5. The van der Waals surface area contributed by atoms with Gasteiger partial charge in [-0.3, -0.25) is 14.5 Å². The number of rotatable bonds is 6. The fraction of sp³-hybridized carbons (Fsp3) is 0.593. The Balaban J connectivity index is 1.53. The van der Waals surface area contributed by atoms with Gasteiger partial charge in [-0.1, -0.05) is 32.1 Å². The Morgan fingerprint density at radius 3 is 2.51 bits per heavy atom. The molecule has 4 rings (SSSR count). The van der Waals surface area contributed by atoms with Gasteiger partial charge in [-0.2, -0.15) is 0 Å². The maximum absolute atomic E-state index is 13.6. The third-order valence-corrected chi connectivity index (χ3v) is 7.02. The van der Waals surface area contributed by atoms with E-state index >= 15 is 0 Å². The van der Waals surface area contributed by atoms with Gasteiger partial charge in [0, 0.05) is 17.6 Å². The minimum absolute atomic E-state index is 0.0515. The first-order valence-corrected chi connectivity index (χ1v) is 12.9. The van der Waals surface area contributed by atoms with E-state index in [2.05, 4.69) is 10.6 Å². The lowest BCUT2D eigenvalue weighted by Crippen LogP contribution is -2.49. The largest absolute Gasteiger partial charge is 0.451 e. The number of halogens is 2. The summed E-state index contributed by atoms with van der Waals surface area (Å²) in [7, 11) is 0. The highest BCUT2D eigenvalue weighted by molar-refractivity contribution is 6.00. The minimum Gasteiger partial charge on any atom is -0.451 e. The number of furan rings is 1. The van der Waals surface area contributed by atoms with E-state index in [1.54, 1.807) is 43.9 Å². The number of anilines is 1. The van der Waals surface area contributed by atoms with Crippen molar-refractivity contribution < 1.29 is 32.3 Å². The molecule has 0 spiro atoms. The first kappa shape index (κ1) is 26.9. The maximum atomic E-state index is 13.6. The first-order valence-electron chi connectivity index (χ1n) is 12.9. The van der Waals surface area contributed by atoms with Crippen LogP contribution in [0.15, 0.2) is 28.7 Å². The van der Waals surface area contributed by atoms with Crippen LogP contribution in [0.1, 0.15) is 69.9 Å². The number of hydrogen-bond donors (Lipinski definition) is 2. The van der Waals surface area contributed by atoms with Crippen LogP contribution >= 0.6 is 0 Å². The van der Waals surface area contributed by atoms with E-state index in [0.29, 0.717) is 29.1 Å². The van der Waals surface area contributed by atoms with Crippen molar-refractivity contribution in [2.24, 2.45) is 11.8 Å². The summed E-state index contributed by atoms with van der Waals surface area (Å²) in [5.74, 6) is -0.686. The average molecular weight is 520 g/mol. The highest BCUT2D eigenvalue weighted by atomic mass is 19.3. The second-order valence-electron chi connectivity index (χ2n) is 10.9. The molecular formula is C27H35F2N3O5. The number of amides is 3. The molecule has 202 valence electrons. The SMILES string of the molecule is CC(C)(C)OC(=O)N1CC[C@@H](C2CCCCC2)[C@H]1C(=O)Nc1ccc2oc(C(=O)NCC(F)F)cc2c1. The smallest absolute Gasteiger partial charge is 0.410 e. The second-order valence-corrected chi connectivity index (χ2v) is 10.9. The van der Waals surface area contributed by atoms with Crippen LogP contribution in [0.3, 0.4) is 0 Å². The van der Waals surface area contributed by atoms with Crippen molar-refractivity contribution >= 4 is 34.6 Å². The molecule has 0 radical (unpaired) electrons. The summed E-state index contributed by atoms with van der Waals surface area (Å²) in [5.41, 5.74) is 0.194. The number of hydrogen-bond acceptors (Lipinski definition) is 5. The number of ether oxygens (including phenoxy) is 1. The van der Waals surface area contributed by atoms with Gasteiger partial charge >= 0.3 is 6.09 Å². The monoisotopic (exact) mass is 519 g/mol.